The third-order valence-electron chi connectivity index (χ3n) is 3.17. The van der Waals surface area contributed by atoms with E-state index in [0.717, 1.165) is 0 Å². The number of hydrogen-bond acceptors (Lipinski definition) is 4. The van der Waals surface area contributed by atoms with Crippen molar-refractivity contribution in [2.75, 3.05) is 12.3 Å². The van der Waals surface area contributed by atoms with Crippen molar-refractivity contribution in [1.82, 2.24) is 9.55 Å². The fourth-order valence-corrected chi connectivity index (χ4v) is 2.21. The highest BCUT2D eigenvalue weighted by Gasteiger charge is 2.22. The van der Waals surface area contributed by atoms with E-state index in [2.05, 4.69) is 4.98 Å². The number of esters is 1. The second kappa shape index (κ2) is 5.95. The van der Waals surface area contributed by atoms with E-state index < -0.39 is 5.97 Å². The van der Waals surface area contributed by atoms with Crippen molar-refractivity contribution in [3.8, 4) is 5.69 Å². The minimum absolute atomic E-state index is 0.0948. The summed E-state index contributed by atoms with van der Waals surface area (Å²) in [4.78, 5) is 16.1. The van der Waals surface area contributed by atoms with E-state index in [1.807, 2.05) is 6.92 Å². The molecule has 0 radical (unpaired) electrons. The molecule has 6 heteroatoms. The Morgan fingerprint density at radius 2 is 2.14 bits per heavy atom. The molecule has 0 fully saturated rings. The number of benzene rings is 1. The molecule has 2 rings (SSSR count). The van der Waals surface area contributed by atoms with Crippen LogP contribution >= 0.6 is 0 Å². The standard InChI is InChI=1S/C15H18FN3O2/c1-4-12-18-13(15(20)21-5-2)14(17)19(12)11-7-6-10(16)8-9(11)3/h6-8H,4-5,17H2,1-3H3. The summed E-state index contributed by atoms with van der Waals surface area (Å²) in [6, 6.07) is 4.39. The van der Waals surface area contributed by atoms with Crippen LogP contribution in [0.2, 0.25) is 0 Å². The van der Waals surface area contributed by atoms with Crippen LogP contribution in [0.15, 0.2) is 18.2 Å². The minimum Gasteiger partial charge on any atom is -0.461 e. The lowest BCUT2D eigenvalue weighted by molar-refractivity contribution is 0.0521. The van der Waals surface area contributed by atoms with Crippen LogP contribution in [0.3, 0.4) is 0 Å². The van der Waals surface area contributed by atoms with Crippen LogP contribution in [-0.2, 0) is 11.2 Å². The van der Waals surface area contributed by atoms with E-state index in [-0.39, 0.29) is 23.9 Å². The first kappa shape index (κ1) is 15.0. The van der Waals surface area contributed by atoms with Gasteiger partial charge in [0.15, 0.2) is 5.69 Å². The Morgan fingerprint density at radius 3 is 2.71 bits per heavy atom. The van der Waals surface area contributed by atoms with Crippen molar-refractivity contribution in [1.29, 1.82) is 0 Å². The van der Waals surface area contributed by atoms with Crippen molar-refractivity contribution < 1.29 is 13.9 Å². The fraction of sp³-hybridized carbons (Fsp3) is 0.333. The van der Waals surface area contributed by atoms with Gasteiger partial charge in [0, 0.05) is 6.42 Å². The Labute approximate surface area is 122 Å². The highest BCUT2D eigenvalue weighted by atomic mass is 19.1. The van der Waals surface area contributed by atoms with Gasteiger partial charge in [-0.05, 0) is 37.6 Å². The first-order valence-corrected chi connectivity index (χ1v) is 6.80. The smallest absolute Gasteiger partial charge is 0.360 e. The molecule has 0 atom stereocenters. The van der Waals surface area contributed by atoms with E-state index in [0.29, 0.717) is 23.5 Å². The number of carbonyl (C=O) groups excluding carboxylic acids is 1. The third kappa shape index (κ3) is 2.74. The average molecular weight is 291 g/mol. The quantitative estimate of drug-likeness (QED) is 0.879. The van der Waals surface area contributed by atoms with Crippen LogP contribution < -0.4 is 5.73 Å². The van der Waals surface area contributed by atoms with Gasteiger partial charge in [-0.25, -0.2) is 14.2 Å². The molecule has 2 aromatic rings. The molecule has 21 heavy (non-hydrogen) atoms. The van der Waals surface area contributed by atoms with E-state index in [9.17, 15) is 9.18 Å². The highest BCUT2D eigenvalue weighted by molar-refractivity contribution is 5.92. The number of hydrogen-bond donors (Lipinski definition) is 1. The maximum Gasteiger partial charge on any atom is 0.360 e. The predicted molar refractivity (Wildman–Crippen MR) is 78.0 cm³/mol. The number of aryl methyl sites for hydroxylation is 2. The van der Waals surface area contributed by atoms with Crippen molar-refractivity contribution in [2.24, 2.45) is 0 Å². The van der Waals surface area contributed by atoms with Crippen LogP contribution in [-0.4, -0.2) is 22.1 Å². The molecule has 0 saturated carbocycles. The molecule has 2 N–H and O–H groups in total. The summed E-state index contributed by atoms with van der Waals surface area (Å²) in [5.74, 6) is -0.0351. The fourth-order valence-electron chi connectivity index (χ4n) is 2.21. The van der Waals surface area contributed by atoms with Gasteiger partial charge in [-0.1, -0.05) is 6.92 Å². The molecule has 0 aliphatic rings. The molecule has 0 amide bonds. The zero-order chi connectivity index (χ0) is 15.6. The molecule has 0 aliphatic carbocycles. The number of rotatable bonds is 4. The van der Waals surface area contributed by atoms with Crippen LogP contribution in [0, 0.1) is 12.7 Å². The molecule has 0 bridgehead atoms. The number of imidazole rings is 1. The summed E-state index contributed by atoms with van der Waals surface area (Å²) in [6.07, 6.45) is 0.584. The molecular formula is C15H18FN3O2. The molecule has 1 aromatic heterocycles. The van der Waals surface area contributed by atoms with Gasteiger partial charge in [0.25, 0.3) is 0 Å². The SMILES string of the molecule is CCOC(=O)c1nc(CC)n(-c2ccc(F)cc2C)c1N. The second-order valence-electron chi connectivity index (χ2n) is 4.60. The summed E-state index contributed by atoms with van der Waals surface area (Å²) in [7, 11) is 0. The lowest BCUT2D eigenvalue weighted by Gasteiger charge is -2.12. The number of halogens is 1. The number of aromatic nitrogens is 2. The van der Waals surface area contributed by atoms with Crippen LogP contribution in [0.1, 0.15) is 35.7 Å². The molecule has 1 aromatic carbocycles. The van der Waals surface area contributed by atoms with Gasteiger partial charge in [0.2, 0.25) is 0 Å². The molecule has 5 nitrogen and oxygen atoms in total. The van der Waals surface area contributed by atoms with Crippen LogP contribution in [0.5, 0.6) is 0 Å². The van der Waals surface area contributed by atoms with Crippen molar-refractivity contribution >= 4 is 11.8 Å². The number of nitrogen functional groups attached to an aromatic ring is 1. The van der Waals surface area contributed by atoms with E-state index in [4.69, 9.17) is 10.5 Å². The maximum atomic E-state index is 13.2. The van der Waals surface area contributed by atoms with Gasteiger partial charge in [0.05, 0.1) is 12.3 Å². The van der Waals surface area contributed by atoms with Crippen molar-refractivity contribution in [2.45, 2.75) is 27.2 Å². The molecular weight excluding hydrogens is 273 g/mol. The summed E-state index contributed by atoms with van der Waals surface area (Å²) in [5.41, 5.74) is 7.57. The molecule has 0 saturated heterocycles. The predicted octanol–water partition coefficient (Wildman–Crippen LogP) is 2.64. The van der Waals surface area contributed by atoms with Crippen molar-refractivity contribution in [3.63, 3.8) is 0 Å². The number of nitrogens with zero attached hydrogens (tertiary/aromatic N) is 2. The van der Waals surface area contributed by atoms with E-state index in [1.165, 1.54) is 12.1 Å². The zero-order valence-corrected chi connectivity index (χ0v) is 12.3. The summed E-state index contributed by atoms with van der Waals surface area (Å²) >= 11 is 0. The largest absolute Gasteiger partial charge is 0.461 e. The van der Waals surface area contributed by atoms with Gasteiger partial charge >= 0.3 is 5.97 Å². The minimum atomic E-state index is -0.553. The van der Waals surface area contributed by atoms with Crippen LogP contribution in [0.4, 0.5) is 10.2 Å². The van der Waals surface area contributed by atoms with Crippen molar-refractivity contribution in [3.05, 3.63) is 41.1 Å². The Hall–Kier alpha value is -2.37. The number of nitrogens with two attached hydrogens (primary N) is 1. The Kier molecular flexibility index (Phi) is 4.26. The topological polar surface area (TPSA) is 70.1 Å². The monoisotopic (exact) mass is 291 g/mol. The summed E-state index contributed by atoms with van der Waals surface area (Å²) in [6.45, 7) is 5.66. The van der Waals surface area contributed by atoms with Gasteiger partial charge in [-0.15, -0.1) is 0 Å². The molecule has 0 unspecified atom stereocenters. The Balaban J connectivity index is 2.60. The molecule has 1 heterocycles. The number of anilines is 1. The van der Waals surface area contributed by atoms with Crippen LogP contribution in [0.25, 0.3) is 5.69 Å². The first-order chi connectivity index (χ1) is 9.99. The van der Waals surface area contributed by atoms with E-state index >= 15 is 0 Å². The number of ether oxygens (including phenoxy) is 1. The normalized spacial score (nSPS) is 10.7. The number of carbonyl (C=O) groups is 1. The molecule has 0 aliphatic heterocycles. The summed E-state index contributed by atoms with van der Waals surface area (Å²) in [5, 5.41) is 0. The lowest BCUT2D eigenvalue weighted by atomic mass is 10.2. The first-order valence-electron chi connectivity index (χ1n) is 6.80. The lowest BCUT2D eigenvalue weighted by Crippen LogP contribution is -2.10. The summed E-state index contributed by atoms with van der Waals surface area (Å²) < 4.78 is 19.9. The van der Waals surface area contributed by atoms with E-state index in [1.54, 1.807) is 24.5 Å². The van der Waals surface area contributed by atoms with Gasteiger partial charge in [0.1, 0.15) is 17.5 Å². The molecule has 0 spiro atoms. The second-order valence-corrected chi connectivity index (χ2v) is 4.60. The zero-order valence-electron chi connectivity index (χ0n) is 12.3. The van der Waals surface area contributed by atoms with Gasteiger partial charge < -0.3 is 10.5 Å². The Bertz CT molecular complexity index is 680. The van der Waals surface area contributed by atoms with Gasteiger partial charge in [-0.3, -0.25) is 4.57 Å². The maximum absolute atomic E-state index is 13.2. The molecule has 112 valence electrons. The van der Waals surface area contributed by atoms with Gasteiger partial charge in [-0.2, -0.15) is 0 Å². The highest BCUT2D eigenvalue weighted by Crippen LogP contribution is 2.25. The average Bonchev–Trinajstić information content (AvgIpc) is 2.76. The third-order valence-corrected chi connectivity index (χ3v) is 3.17. The Morgan fingerprint density at radius 1 is 1.43 bits per heavy atom.